The van der Waals surface area contributed by atoms with Gasteiger partial charge in [0.05, 0.1) is 12.0 Å². The standard InChI is InChI=1S/C20H20N2O2/c1-4-9-22(3)16-11-17(23)19(16)13-6-8-14-15-7-5-12(2)21-20(15)24-18(14)10-13/h4-11,16,19,23H,1-3H3/b9-4-. The topological polar surface area (TPSA) is 49.5 Å². The average Bonchev–Trinajstić information content (AvgIpc) is 2.89. The number of rotatable bonds is 3. The van der Waals surface area contributed by atoms with E-state index in [1.165, 1.54) is 0 Å². The highest BCUT2D eigenvalue weighted by Gasteiger charge is 2.36. The fourth-order valence-electron chi connectivity index (χ4n) is 3.45. The van der Waals surface area contributed by atoms with E-state index in [1.807, 2.05) is 57.4 Å². The van der Waals surface area contributed by atoms with E-state index in [1.54, 1.807) is 0 Å². The number of pyridine rings is 1. The van der Waals surface area contributed by atoms with Crippen LogP contribution in [-0.2, 0) is 0 Å². The smallest absolute Gasteiger partial charge is 0.227 e. The lowest BCUT2D eigenvalue weighted by Crippen LogP contribution is -2.39. The Kier molecular flexibility index (Phi) is 3.34. The van der Waals surface area contributed by atoms with Crippen molar-refractivity contribution >= 4 is 22.1 Å². The summed E-state index contributed by atoms with van der Waals surface area (Å²) in [5.74, 6) is 0.388. The van der Waals surface area contributed by atoms with Crippen molar-refractivity contribution in [2.75, 3.05) is 7.05 Å². The molecule has 2 aromatic heterocycles. The van der Waals surface area contributed by atoms with Crippen LogP contribution in [-0.4, -0.2) is 28.1 Å². The Labute approximate surface area is 140 Å². The maximum Gasteiger partial charge on any atom is 0.227 e. The van der Waals surface area contributed by atoms with E-state index in [9.17, 15) is 5.11 Å². The molecule has 0 fully saturated rings. The van der Waals surface area contributed by atoms with Gasteiger partial charge in [-0.2, -0.15) is 0 Å². The highest BCUT2D eigenvalue weighted by molar-refractivity contribution is 6.03. The summed E-state index contributed by atoms with van der Waals surface area (Å²) in [5, 5.41) is 12.2. The van der Waals surface area contributed by atoms with Crippen molar-refractivity contribution in [2.24, 2.45) is 0 Å². The first-order valence-corrected chi connectivity index (χ1v) is 8.13. The largest absolute Gasteiger partial charge is 0.512 e. The van der Waals surface area contributed by atoms with Crippen LogP contribution in [0.15, 0.2) is 58.9 Å². The zero-order valence-corrected chi connectivity index (χ0v) is 14.0. The Balaban J connectivity index is 1.78. The van der Waals surface area contributed by atoms with Crippen molar-refractivity contribution in [2.45, 2.75) is 25.8 Å². The molecule has 0 spiro atoms. The Morgan fingerprint density at radius 1 is 1.21 bits per heavy atom. The number of benzene rings is 1. The predicted octanol–water partition coefficient (Wildman–Crippen LogP) is 4.66. The minimum atomic E-state index is -0.0292. The Morgan fingerprint density at radius 2 is 2.00 bits per heavy atom. The Bertz CT molecular complexity index is 984. The van der Waals surface area contributed by atoms with Crippen LogP contribution in [0.3, 0.4) is 0 Å². The molecule has 0 radical (unpaired) electrons. The summed E-state index contributed by atoms with van der Waals surface area (Å²) in [6.07, 6.45) is 5.90. The van der Waals surface area contributed by atoms with Crippen LogP contribution >= 0.6 is 0 Å². The summed E-state index contributed by atoms with van der Waals surface area (Å²) in [6, 6.07) is 10.4. The van der Waals surface area contributed by atoms with E-state index in [2.05, 4.69) is 22.0 Å². The molecule has 2 unspecified atom stereocenters. The van der Waals surface area contributed by atoms with Gasteiger partial charge in [0.25, 0.3) is 0 Å². The molecule has 2 heterocycles. The predicted molar refractivity (Wildman–Crippen MR) is 96.1 cm³/mol. The highest BCUT2D eigenvalue weighted by atomic mass is 16.3. The lowest BCUT2D eigenvalue weighted by Gasteiger charge is -2.38. The number of aromatic nitrogens is 1. The molecule has 1 aliphatic rings. The molecule has 122 valence electrons. The molecule has 4 nitrogen and oxygen atoms in total. The molecule has 0 aliphatic heterocycles. The van der Waals surface area contributed by atoms with E-state index in [0.717, 1.165) is 27.6 Å². The number of aryl methyl sites for hydroxylation is 1. The summed E-state index contributed by atoms with van der Waals surface area (Å²) in [5.41, 5.74) is 3.47. The number of furan rings is 1. The lowest BCUT2D eigenvalue weighted by molar-refractivity contribution is 0.236. The molecule has 3 aromatic rings. The average molecular weight is 320 g/mol. The van der Waals surface area contributed by atoms with Gasteiger partial charge in [0.15, 0.2) is 0 Å². The van der Waals surface area contributed by atoms with Gasteiger partial charge in [-0.15, -0.1) is 0 Å². The number of nitrogens with zero attached hydrogens (tertiary/aromatic N) is 2. The number of aliphatic hydroxyl groups excluding tert-OH is 1. The highest BCUT2D eigenvalue weighted by Crippen LogP contribution is 2.40. The van der Waals surface area contributed by atoms with E-state index in [4.69, 9.17) is 4.42 Å². The van der Waals surface area contributed by atoms with Crippen LogP contribution in [0, 0.1) is 6.92 Å². The van der Waals surface area contributed by atoms with Gasteiger partial charge >= 0.3 is 0 Å². The van der Waals surface area contributed by atoms with Crippen molar-refractivity contribution in [3.63, 3.8) is 0 Å². The normalized spacial score (nSPS) is 20.5. The summed E-state index contributed by atoms with van der Waals surface area (Å²) >= 11 is 0. The molecule has 1 N–H and O–H groups in total. The van der Waals surface area contributed by atoms with Gasteiger partial charge in [-0.25, -0.2) is 4.98 Å². The van der Waals surface area contributed by atoms with Crippen LogP contribution in [0.1, 0.15) is 24.1 Å². The van der Waals surface area contributed by atoms with Crippen LogP contribution in [0.2, 0.25) is 0 Å². The maximum atomic E-state index is 10.2. The van der Waals surface area contributed by atoms with Gasteiger partial charge in [0, 0.05) is 23.5 Å². The van der Waals surface area contributed by atoms with Gasteiger partial charge in [-0.1, -0.05) is 18.2 Å². The fraction of sp³-hybridized carbons (Fsp3) is 0.250. The van der Waals surface area contributed by atoms with Crippen LogP contribution in [0.25, 0.3) is 22.1 Å². The monoisotopic (exact) mass is 320 g/mol. The molecule has 0 bridgehead atoms. The summed E-state index contributed by atoms with van der Waals surface area (Å²) < 4.78 is 5.93. The zero-order valence-electron chi connectivity index (χ0n) is 14.0. The number of aliphatic hydroxyl groups is 1. The first kappa shape index (κ1) is 14.8. The van der Waals surface area contributed by atoms with Crippen molar-refractivity contribution in [1.29, 1.82) is 0 Å². The van der Waals surface area contributed by atoms with Crippen molar-refractivity contribution < 1.29 is 9.52 Å². The van der Waals surface area contributed by atoms with E-state index >= 15 is 0 Å². The molecule has 0 amide bonds. The molecule has 4 heteroatoms. The second-order valence-electron chi connectivity index (χ2n) is 6.37. The second-order valence-corrected chi connectivity index (χ2v) is 6.37. The number of hydrogen-bond donors (Lipinski definition) is 1. The molecule has 2 atom stereocenters. The van der Waals surface area contributed by atoms with Crippen molar-refractivity contribution in [3.8, 4) is 0 Å². The molecular formula is C20H20N2O2. The molecule has 0 saturated carbocycles. The van der Waals surface area contributed by atoms with Gasteiger partial charge in [-0.3, -0.25) is 0 Å². The third-order valence-electron chi connectivity index (χ3n) is 4.72. The quantitative estimate of drug-likeness (QED) is 0.762. The van der Waals surface area contributed by atoms with E-state index in [-0.39, 0.29) is 12.0 Å². The van der Waals surface area contributed by atoms with Gasteiger partial charge in [0.1, 0.15) is 11.3 Å². The maximum absolute atomic E-state index is 10.2. The molecule has 24 heavy (non-hydrogen) atoms. The van der Waals surface area contributed by atoms with E-state index < -0.39 is 0 Å². The van der Waals surface area contributed by atoms with E-state index in [0.29, 0.717) is 11.5 Å². The molecule has 4 rings (SSSR count). The molecular weight excluding hydrogens is 300 g/mol. The molecule has 0 saturated heterocycles. The van der Waals surface area contributed by atoms with Crippen LogP contribution in [0.5, 0.6) is 0 Å². The number of likely N-dealkylation sites (N-methyl/N-ethyl adjacent to an activating group) is 1. The summed E-state index contributed by atoms with van der Waals surface area (Å²) in [6.45, 7) is 3.94. The summed E-state index contributed by atoms with van der Waals surface area (Å²) in [4.78, 5) is 6.57. The second kappa shape index (κ2) is 5.41. The van der Waals surface area contributed by atoms with Crippen LogP contribution < -0.4 is 0 Å². The third kappa shape index (κ3) is 2.18. The van der Waals surface area contributed by atoms with Gasteiger partial charge < -0.3 is 14.4 Å². The number of fused-ring (bicyclic) bond motifs is 3. The van der Waals surface area contributed by atoms with Gasteiger partial charge in [0.2, 0.25) is 5.71 Å². The summed E-state index contributed by atoms with van der Waals surface area (Å²) in [7, 11) is 2.02. The first-order valence-electron chi connectivity index (χ1n) is 8.13. The van der Waals surface area contributed by atoms with Crippen LogP contribution in [0.4, 0.5) is 0 Å². The third-order valence-corrected chi connectivity index (χ3v) is 4.72. The minimum Gasteiger partial charge on any atom is -0.512 e. The fourth-order valence-corrected chi connectivity index (χ4v) is 3.45. The SMILES string of the molecule is C/C=C\N(C)C1C=C(O)C1c1ccc2c(c1)oc1nc(C)ccc12. The molecule has 1 aromatic carbocycles. The lowest BCUT2D eigenvalue weighted by atomic mass is 9.80. The minimum absolute atomic E-state index is 0.0292. The Hall–Kier alpha value is -2.75. The van der Waals surface area contributed by atoms with Crippen molar-refractivity contribution in [3.05, 3.63) is 65.7 Å². The van der Waals surface area contributed by atoms with Crippen molar-refractivity contribution in [1.82, 2.24) is 9.88 Å². The first-order chi connectivity index (χ1) is 11.6. The molecule has 1 aliphatic carbocycles. The number of hydrogen-bond acceptors (Lipinski definition) is 4. The van der Waals surface area contributed by atoms with Gasteiger partial charge in [-0.05, 0) is 49.9 Å². The number of allylic oxidation sites excluding steroid dienone is 1. The zero-order chi connectivity index (χ0) is 16.8. The Morgan fingerprint density at radius 3 is 2.75 bits per heavy atom.